The van der Waals surface area contributed by atoms with Crippen LogP contribution in [0.15, 0.2) is 28.7 Å². The molecule has 1 rings (SSSR count). The quantitative estimate of drug-likeness (QED) is 0.692. The van der Waals surface area contributed by atoms with Crippen molar-refractivity contribution in [3.8, 4) is 0 Å². The highest BCUT2D eigenvalue weighted by atomic mass is 79.9. The first kappa shape index (κ1) is 17.0. The third-order valence-corrected chi connectivity index (χ3v) is 3.93. The Kier molecular flexibility index (Phi) is 7.06. The first-order chi connectivity index (χ1) is 9.57. The lowest BCUT2D eigenvalue weighted by Gasteiger charge is -2.32. The van der Waals surface area contributed by atoms with Crippen molar-refractivity contribution in [3.05, 3.63) is 28.7 Å². The Bertz CT molecular complexity index is 436. The van der Waals surface area contributed by atoms with Gasteiger partial charge in [-0.2, -0.15) is 0 Å². The number of anilines is 1. The summed E-state index contributed by atoms with van der Waals surface area (Å²) in [6.45, 7) is 6.41. The number of benzene rings is 1. The summed E-state index contributed by atoms with van der Waals surface area (Å²) in [5, 5.41) is 3.40. The van der Waals surface area contributed by atoms with Crippen LogP contribution in [-0.2, 0) is 9.53 Å². The molecule has 0 saturated carbocycles. The molecule has 1 aromatic carbocycles. The smallest absolute Gasteiger partial charge is 0.331 e. The number of unbranched alkanes of at least 4 members (excludes halogenated alkanes) is 1. The van der Waals surface area contributed by atoms with Crippen LogP contribution in [-0.4, -0.2) is 18.1 Å². The monoisotopic (exact) mass is 341 g/mol. The molecule has 0 heterocycles. The van der Waals surface area contributed by atoms with Gasteiger partial charge >= 0.3 is 5.97 Å². The normalized spacial score (nSPS) is 13.6. The molecule has 0 fully saturated rings. The zero-order chi connectivity index (χ0) is 15.0. The molecule has 0 aliphatic heterocycles. The third-order valence-electron chi connectivity index (χ3n) is 3.44. The molecule has 3 nitrogen and oxygen atoms in total. The minimum Gasteiger partial charge on any atom is -0.464 e. The highest BCUT2D eigenvalue weighted by Crippen LogP contribution is 2.27. The SMILES string of the molecule is CCCCC(CC)(Nc1cccc(Br)c1)C(=O)OCC. The number of esters is 1. The molecular weight excluding hydrogens is 318 g/mol. The molecule has 4 heteroatoms. The third kappa shape index (κ3) is 4.51. The lowest BCUT2D eigenvalue weighted by Crippen LogP contribution is -2.47. The molecule has 1 atom stereocenters. The van der Waals surface area contributed by atoms with E-state index in [4.69, 9.17) is 4.74 Å². The maximum Gasteiger partial charge on any atom is 0.331 e. The molecule has 1 N–H and O–H groups in total. The van der Waals surface area contributed by atoms with Crippen molar-refractivity contribution in [1.29, 1.82) is 0 Å². The van der Waals surface area contributed by atoms with Gasteiger partial charge in [0.1, 0.15) is 5.54 Å². The van der Waals surface area contributed by atoms with E-state index in [0.29, 0.717) is 13.0 Å². The Morgan fingerprint density at radius 2 is 2.10 bits per heavy atom. The molecule has 1 aromatic rings. The molecule has 0 saturated heterocycles. The van der Waals surface area contributed by atoms with E-state index < -0.39 is 5.54 Å². The van der Waals surface area contributed by atoms with Crippen molar-refractivity contribution < 1.29 is 9.53 Å². The maximum absolute atomic E-state index is 12.4. The maximum atomic E-state index is 12.4. The summed E-state index contributed by atoms with van der Waals surface area (Å²) >= 11 is 3.46. The molecule has 1 unspecified atom stereocenters. The largest absolute Gasteiger partial charge is 0.464 e. The summed E-state index contributed by atoms with van der Waals surface area (Å²) in [5.74, 6) is -0.157. The Labute approximate surface area is 130 Å². The van der Waals surface area contributed by atoms with Crippen molar-refractivity contribution in [3.63, 3.8) is 0 Å². The van der Waals surface area contributed by atoms with Crippen molar-refractivity contribution in [2.24, 2.45) is 0 Å². The van der Waals surface area contributed by atoms with Gasteiger partial charge < -0.3 is 10.1 Å². The van der Waals surface area contributed by atoms with Crippen LogP contribution in [0.25, 0.3) is 0 Å². The topological polar surface area (TPSA) is 38.3 Å². The van der Waals surface area contributed by atoms with Gasteiger partial charge in [0.25, 0.3) is 0 Å². The average Bonchev–Trinajstić information content (AvgIpc) is 2.44. The molecule has 0 spiro atoms. The van der Waals surface area contributed by atoms with Gasteiger partial charge in [0.15, 0.2) is 0 Å². The molecule has 0 aliphatic rings. The molecule has 20 heavy (non-hydrogen) atoms. The fraction of sp³-hybridized carbons (Fsp3) is 0.562. The number of rotatable bonds is 8. The standard InChI is InChI=1S/C16H24BrNO2/c1-4-7-11-16(5-2,15(19)20-6-3)18-14-10-8-9-13(17)12-14/h8-10,12,18H,4-7,11H2,1-3H3. The van der Waals surface area contributed by atoms with Crippen LogP contribution in [0.4, 0.5) is 5.69 Å². The van der Waals surface area contributed by atoms with Gasteiger partial charge in [-0.15, -0.1) is 0 Å². The number of carbonyl (C=O) groups is 1. The van der Waals surface area contributed by atoms with Gasteiger partial charge in [0.2, 0.25) is 0 Å². The fourth-order valence-electron chi connectivity index (χ4n) is 2.22. The lowest BCUT2D eigenvalue weighted by molar-refractivity contribution is -0.149. The Balaban J connectivity index is 2.98. The molecule has 0 amide bonds. The summed E-state index contributed by atoms with van der Waals surface area (Å²) in [5.41, 5.74) is 0.303. The van der Waals surface area contributed by atoms with Crippen LogP contribution in [0.2, 0.25) is 0 Å². The highest BCUT2D eigenvalue weighted by molar-refractivity contribution is 9.10. The number of hydrogen-bond donors (Lipinski definition) is 1. The Morgan fingerprint density at radius 1 is 1.35 bits per heavy atom. The van der Waals surface area contributed by atoms with Crippen LogP contribution in [0, 0.1) is 0 Å². The second kappa shape index (κ2) is 8.30. The number of carbonyl (C=O) groups excluding carboxylic acids is 1. The minimum absolute atomic E-state index is 0.157. The summed E-state index contributed by atoms with van der Waals surface area (Å²) in [6.07, 6.45) is 3.54. The number of hydrogen-bond acceptors (Lipinski definition) is 3. The highest BCUT2D eigenvalue weighted by Gasteiger charge is 2.37. The van der Waals surface area contributed by atoms with Crippen LogP contribution in [0.5, 0.6) is 0 Å². The van der Waals surface area contributed by atoms with E-state index in [2.05, 4.69) is 28.2 Å². The van der Waals surface area contributed by atoms with E-state index in [1.54, 1.807) is 0 Å². The van der Waals surface area contributed by atoms with Gasteiger partial charge in [-0.05, 0) is 38.0 Å². The van der Waals surface area contributed by atoms with E-state index in [1.165, 1.54) is 0 Å². The summed E-state index contributed by atoms with van der Waals surface area (Å²) in [6, 6.07) is 7.88. The van der Waals surface area contributed by atoms with Gasteiger partial charge in [-0.1, -0.05) is 48.7 Å². The molecule has 0 radical (unpaired) electrons. The van der Waals surface area contributed by atoms with Crippen molar-refractivity contribution in [2.45, 2.75) is 52.0 Å². The van der Waals surface area contributed by atoms with Gasteiger partial charge in [0.05, 0.1) is 6.61 Å². The van der Waals surface area contributed by atoms with Gasteiger partial charge in [-0.3, -0.25) is 0 Å². The summed E-state index contributed by atoms with van der Waals surface area (Å²) in [7, 11) is 0. The van der Waals surface area contributed by atoms with E-state index >= 15 is 0 Å². The zero-order valence-electron chi connectivity index (χ0n) is 12.5. The first-order valence-corrected chi connectivity index (χ1v) is 8.08. The molecule has 0 bridgehead atoms. The first-order valence-electron chi connectivity index (χ1n) is 7.29. The van der Waals surface area contributed by atoms with Crippen LogP contribution >= 0.6 is 15.9 Å². The Hall–Kier alpha value is -1.03. The Morgan fingerprint density at radius 3 is 2.65 bits per heavy atom. The molecular formula is C16H24BrNO2. The fourth-order valence-corrected chi connectivity index (χ4v) is 2.61. The number of ether oxygens (including phenoxy) is 1. The molecule has 0 aromatic heterocycles. The summed E-state index contributed by atoms with van der Waals surface area (Å²) < 4.78 is 6.28. The van der Waals surface area contributed by atoms with E-state index in [1.807, 2.05) is 38.1 Å². The average molecular weight is 342 g/mol. The zero-order valence-corrected chi connectivity index (χ0v) is 14.1. The molecule has 112 valence electrons. The van der Waals surface area contributed by atoms with Gasteiger partial charge in [0, 0.05) is 10.2 Å². The van der Waals surface area contributed by atoms with E-state index in [0.717, 1.165) is 29.4 Å². The van der Waals surface area contributed by atoms with Crippen molar-refractivity contribution in [1.82, 2.24) is 0 Å². The van der Waals surface area contributed by atoms with Crippen molar-refractivity contribution >= 4 is 27.6 Å². The van der Waals surface area contributed by atoms with Crippen LogP contribution < -0.4 is 5.32 Å². The van der Waals surface area contributed by atoms with Crippen LogP contribution in [0.1, 0.15) is 46.5 Å². The van der Waals surface area contributed by atoms with Gasteiger partial charge in [-0.25, -0.2) is 4.79 Å². The second-order valence-electron chi connectivity index (χ2n) is 4.90. The van der Waals surface area contributed by atoms with E-state index in [9.17, 15) is 4.79 Å². The lowest BCUT2D eigenvalue weighted by atomic mass is 9.89. The number of halogens is 1. The predicted molar refractivity (Wildman–Crippen MR) is 86.9 cm³/mol. The molecule has 0 aliphatic carbocycles. The summed E-state index contributed by atoms with van der Waals surface area (Å²) in [4.78, 5) is 12.4. The van der Waals surface area contributed by atoms with E-state index in [-0.39, 0.29) is 5.97 Å². The second-order valence-corrected chi connectivity index (χ2v) is 5.81. The predicted octanol–water partition coefficient (Wildman–Crippen LogP) is 4.76. The van der Waals surface area contributed by atoms with Crippen LogP contribution in [0.3, 0.4) is 0 Å². The van der Waals surface area contributed by atoms with Crippen molar-refractivity contribution in [2.75, 3.05) is 11.9 Å². The minimum atomic E-state index is -0.632. The number of nitrogens with one attached hydrogen (secondary N) is 1.